The fraction of sp³-hybridized carbons (Fsp3) is 0.333. The number of nitrogens with zero attached hydrogens (tertiary/aromatic N) is 2. The number of rotatable bonds is 7. The van der Waals surface area contributed by atoms with Crippen LogP contribution in [0.4, 0.5) is 5.69 Å². The van der Waals surface area contributed by atoms with Crippen LogP contribution in [-0.4, -0.2) is 56.8 Å². The van der Waals surface area contributed by atoms with Crippen LogP contribution in [0.3, 0.4) is 0 Å². The van der Waals surface area contributed by atoms with Crippen molar-refractivity contribution in [3.63, 3.8) is 0 Å². The maximum Gasteiger partial charge on any atom is 0.257 e. The Kier molecular flexibility index (Phi) is 6.33. The number of sulfone groups is 2. The lowest BCUT2D eigenvalue weighted by Crippen LogP contribution is -2.42. The third kappa shape index (κ3) is 4.84. The van der Waals surface area contributed by atoms with Crippen LogP contribution in [0, 0.1) is 0 Å². The molecule has 1 fully saturated rings. The maximum absolute atomic E-state index is 13.1. The molecule has 0 radical (unpaired) electrons. The second-order valence-corrected chi connectivity index (χ2v) is 12.9. The number of carbonyl (C=O) groups is 1. The Labute approximate surface area is 190 Å². The van der Waals surface area contributed by atoms with Gasteiger partial charge in [0.25, 0.3) is 5.22 Å². The molecule has 1 aromatic heterocycles. The van der Waals surface area contributed by atoms with Crippen LogP contribution in [0.1, 0.15) is 13.3 Å². The minimum Gasteiger partial charge on any atom is -0.431 e. The van der Waals surface area contributed by atoms with Crippen LogP contribution in [-0.2, 0) is 24.5 Å². The van der Waals surface area contributed by atoms with Gasteiger partial charge in [0.2, 0.25) is 5.91 Å². The number of oxazole rings is 1. The number of anilines is 1. The van der Waals surface area contributed by atoms with E-state index in [-0.39, 0.29) is 39.0 Å². The molecule has 1 atom stereocenters. The topological polar surface area (TPSA) is 115 Å². The Hall–Kier alpha value is -2.37. The van der Waals surface area contributed by atoms with Crippen LogP contribution >= 0.6 is 11.8 Å². The van der Waals surface area contributed by atoms with Gasteiger partial charge < -0.3 is 9.32 Å². The molecule has 11 heteroatoms. The first-order valence-corrected chi connectivity index (χ1v) is 14.5. The van der Waals surface area contributed by atoms with Gasteiger partial charge in [0, 0.05) is 5.69 Å². The molecule has 32 heavy (non-hydrogen) atoms. The first-order valence-electron chi connectivity index (χ1n) is 10.0. The minimum absolute atomic E-state index is 0.00161. The summed E-state index contributed by atoms with van der Waals surface area (Å²) >= 11 is 1.09. The van der Waals surface area contributed by atoms with Crippen LogP contribution in [0.25, 0.3) is 11.1 Å². The number of aromatic nitrogens is 1. The molecular weight excluding hydrogens is 472 g/mol. The standard InChI is InChI=1S/C21H22N2O6S3/c1-2-32(27,28)17-8-9-19-18(12-17)22-21(29-19)30-13-20(24)23(15-6-4-3-5-7-15)16-10-11-31(25,26)14-16/h3-9,12,16H,2,10-11,13-14H2,1H3/t16-/m0/s1. The molecule has 1 aliphatic rings. The monoisotopic (exact) mass is 494 g/mol. The van der Waals surface area contributed by atoms with Crippen LogP contribution in [0.2, 0.25) is 0 Å². The van der Waals surface area contributed by atoms with E-state index in [0.29, 0.717) is 23.2 Å². The van der Waals surface area contributed by atoms with Crippen molar-refractivity contribution in [2.45, 2.75) is 29.5 Å². The fourth-order valence-electron chi connectivity index (χ4n) is 3.63. The predicted octanol–water partition coefficient (Wildman–Crippen LogP) is 2.93. The predicted molar refractivity (Wildman–Crippen MR) is 123 cm³/mol. The van der Waals surface area contributed by atoms with Crippen molar-refractivity contribution in [1.29, 1.82) is 0 Å². The van der Waals surface area contributed by atoms with E-state index in [9.17, 15) is 21.6 Å². The van der Waals surface area contributed by atoms with Gasteiger partial charge in [0.1, 0.15) is 5.52 Å². The highest BCUT2D eigenvalue weighted by Gasteiger charge is 2.35. The molecule has 0 unspecified atom stereocenters. The van der Waals surface area contributed by atoms with Gasteiger partial charge >= 0.3 is 0 Å². The molecule has 0 N–H and O–H groups in total. The van der Waals surface area contributed by atoms with Gasteiger partial charge in [0.15, 0.2) is 25.3 Å². The quantitative estimate of drug-likeness (QED) is 0.461. The van der Waals surface area contributed by atoms with Gasteiger partial charge in [-0.1, -0.05) is 36.9 Å². The zero-order valence-electron chi connectivity index (χ0n) is 17.3. The van der Waals surface area contributed by atoms with Crippen molar-refractivity contribution in [2.24, 2.45) is 0 Å². The van der Waals surface area contributed by atoms with Gasteiger partial charge in [-0.05, 0) is 36.8 Å². The lowest BCUT2D eigenvalue weighted by Gasteiger charge is -2.28. The molecule has 1 amide bonds. The van der Waals surface area contributed by atoms with Crippen molar-refractivity contribution in [3.8, 4) is 0 Å². The van der Waals surface area contributed by atoms with E-state index >= 15 is 0 Å². The van der Waals surface area contributed by atoms with Crippen molar-refractivity contribution in [3.05, 3.63) is 48.5 Å². The summed E-state index contributed by atoms with van der Waals surface area (Å²) in [5.41, 5.74) is 1.47. The molecule has 0 aliphatic carbocycles. The molecular formula is C21H22N2O6S3. The normalized spacial score (nSPS) is 18.1. The first kappa shape index (κ1) is 22.8. The van der Waals surface area contributed by atoms with E-state index in [2.05, 4.69) is 4.98 Å². The third-order valence-corrected chi connectivity index (χ3v) is 9.57. The molecule has 170 valence electrons. The molecule has 0 bridgehead atoms. The third-order valence-electron chi connectivity index (χ3n) is 5.27. The molecule has 4 rings (SSSR count). The minimum atomic E-state index is -3.37. The number of amides is 1. The van der Waals surface area contributed by atoms with Gasteiger partial charge in [-0.15, -0.1) is 0 Å². The van der Waals surface area contributed by atoms with Gasteiger partial charge in [-0.3, -0.25) is 4.79 Å². The SMILES string of the molecule is CCS(=O)(=O)c1ccc2oc(SCC(=O)N(c3ccccc3)[C@H]3CCS(=O)(=O)C3)nc2c1. The number of benzene rings is 2. The van der Waals surface area contributed by atoms with E-state index in [1.807, 2.05) is 6.07 Å². The fourth-order valence-corrected chi connectivity index (χ4v) is 6.92. The summed E-state index contributed by atoms with van der Waals surface area (Å²) in [5, 5.41) is 0.242. The summed E-state index contributed by atoms with van der Waals surface area (Å²) in [6.45, 7) is 1.57. The Bertz CT molecular complexity index is 1350. The molecule has 0 saturated carbocycles. The van der Waals surface area contributed by atoms with Crippen LogP contribution < -0.4 is 4.90 Å². The van der Waals surface area contributed by atoms with Crippen molar-refractivity contribution in [2.75, 3.05) is 27.9 Å². The number of para-hydroxylation sites is 1. The van der Waals surface area contributed by atoms with Crippen LogP contribution in [0.15, 0.2) is 63.1 Å². The van der Waals surface area contributed by atoms with Crippen molar-refractivity contribution >= 4 is 54.1 Å². The smallest absolute Gasteiger partial charge is 0.257 e. The van der Waals surface area contributed by atoms with Gasteiger partial charge in [0.05, 0.1) is 33.9 Å². The average molecular weight is 495 g/mol. The Morgan fingerprint density at radius 2 is 1.97 bits per heavy atom. The molecule has 3 aromatic rings. The summed E-state index contributed by atoms with van der Waals surface area (Å²) < 4.78 is 53.8. The number of carbonyl (C=O) groups excluding carboxylic acids is 1. The molecule has 0 spiro atoms. The van der Waals surface area contributed by atoms with E-state index in [0.717, 1.165) is 11.8 Å². The average Bonchev–Trinajstić information content (AvgIpc) is 3.35. The summed E-state index contributed by atoms with van der Waals surface area (Å²) in [7, 11) is -6.53. The first-order chi connectivity index (χ1) is 15.2. The van der Waals surface area contributed by atoms with Crippen molar-refractivity contribution < 1.29 is 26.0 Å². The highest BCUT2D eigenvalue weighted by atomic mass is 32.2. The Balaban J connectivity index is 1.53. The number of fused-ring (bicyclic) bond motifs is 1. The van der Waals surface area contributed by atoms with E-state index in [1.165, 1.54) is 12.1 Å². The summed E-state index contributed by atoms with van der Waals surface area (Å²) in [6, 6.07) is 13.1. The summed E-state index contributed by atoms with van der Waals surface area (Å²) in [6.07, 6.45) is 0.394. The highest BCUT2D eigenvalue weighted by Crippen LogP contribution is 2.29. The van der Waals surface area contributed by atoms with E-state index < -0.39 is 25.7 Å². The maximum atomic E-state index is 13.1. The second kappa shape index (κ2) is 8.87. The summed E-state index contributed by atoms with van der Waals surface area (Å²) in [5.74, 6) is -0.262. The van der Waals surface area contributed by atoms with E-state index in [1.54, 1.807) is 42.2 Å². The zero-order valence-corrected chi connectivity index (χ0v) is 19.7. The Morgan fingerprint density at radius 1 is 1.22 bits per heavy atom. The van der Waals surface area contributed by atoms with Crippen molar-refractivity contribution in [1.82, 2.24) is 4.98 Å². The lowest BCUT2D eigenvalue weighted by atomic mass is 10.2. The zero-order chi connectivity index (χ0) is 22.9. The lowest BCUT2D eigenvalue weighted by molar-refractivity contribution is -0.116. The number of thioether (sulfide) groups is 1. The van der Waals surface area contributed by atoms with Crippen LogP contribution in [0.5, 0.6) is 0 Å². The van der Waals surface area contributed by atoms with Gasteiger partial charge in [-0.25, -0.2) is 21.8 Å². The largest absolute Gasteiger partial charge is 0.431 e. The Morgan fingerprint density at radius 3 is 2.62 bits per heavy atom. The van der Waals surface area contributed by atoms with E-state index in [4.69, 9.17) is 4.42 Å². The second-order valence-electron chi connectivity index (χ2n) is 7.46. The number of hydrogen-bond donors (Lipinski definition) is 0. The highest BCUT2D eigenvalue weighted by molar-refractivity contribution is 7.99. The molecule has 1 aliphatic heterocycles. The number of hydrogen-bond acceptors (Lipinski definition) is 8. The van der Waals surface area contributed by atoms with Gasteiger partial charge in [-0.2, -0.15) is 0 Å². The molecule has 2 aromatic carbocycles. The summed E-state index contributed by atoms with van der Waals surface area (Å²) in [4.78, 5) is 19.1. The molecule has 2 heterocycles. The molecule has 8 nitrogen and oxygen atoms in total. The molecule has 1 saturated heterocycles.